The Morgan fingerprint density at radius 3 is 2.60 bits per heavy atom. The van der Waals surface area contributed by atoms with Crippen LogP contribution in [0.5, 0.6) is 0 Å². The van der Waals surface area contributed by atoms with Crippen molar-refractivity contribution in [2.24, 2.45) is 5.16 Å². The molecule has 1 aromatic heterocycles. The third kappa shape index (κ3) is 4.38. The molecule has 1 aromatic rings. The molecule has 3 N–H and O–H groups in total. The molecule has 0 aromatic carbocycles. The number of oxime groups is 1. The third-order valence-electron chi connectivity index (χ3n) is 4.37. The Bertz CT molecular complexity index is 665. The molecule has 1 heterocycles. The van der Waals surface area contributed by atoms with Crippen LogP contribution in [-0.4, -0.2) is 49.0 Å². The number of ether oxygens (including phenoxy) is 1. The quantitative estimate of drug-likeness (QED) is 0.384. The molecule has 8 heteroatoms. The fraction of sp³-hybridized carbons (Fsp3) is 0.588. The van der Waals surface area contributed by atoms with Gasteiger partial charge in [-0.2, -0.15) is 0 Å². The number of thiophene rings is 1. The zero-order chi connectivity index (χ0) is 18.4. The van der Waals surface area contributed by atoms with E-state index in [9.17, 15) is 14.8 Å². The molecule has 2 rings (SSSR count). The second-order valence-corrected chi connectivity index (χ2v) is 6.94. The molecular formula is C17H26N3O4S+. The van der Waals surface area contributed by atoms with Gasteiger partial charge in [0.1, 0.15) is 5.00 Å². The van der Waals surface area contributed by atoms with Crippen molar-refractivity contribution in [1.82, 2.24) is 0 Å². The lowest BCUT2D eigenvalue weighted by atomic mass is 9.94. The van der Waals surface area contributed by atoms with Crippen molar-refractivity contribution in [3.05, 3.63) is 16.0 Å². The number of hydrogen-bond acceptors (Lipinski definition) is 6. The molecule has 0 saturated carbocycles. The summed E-state index contributed by atoms with van der Waals surface area (Å²) in [6.45, 7) is 8.14. The number of nitrogens with zero attached hydrogens (tertiary/aromatic N) is 1. The number of anilines is 1. The maximum atomic E-state index is 12.4. The largest absolute Gasteiger partial charge is 0.462 e. The minimum Gasteiger partial charge on any atom is -0.462 e. The predicted octanol–water partition coefficient (Wildman–Crippen LogP) is 1.30. The highest BCUT2D eigenvalue weighted by atomic mass is 32.1. The first-order chi connectivity index (χ1) is 12.0. The van der Waals surface area contributed by atoms with E-state index in [-0.39, 0.29) is 12.5 Å². The van der Waals surface area contributed by atoms with Gasteiger partial charge in [-0.1, -0.05) is 5.16 Å². The van der Waals surface area contributed by atoms with Crippen molar-refractivity contribution < 1.29 is 24.4 Å². The summed E-state index contributed by atoms with van der Waals surface area (Å²) >= 11 is 1.29. The molecule has 0 fully saturated rings. The van der Waals surface area contributed by atoms with Crippen molar-refractivity contribution in [3.8, 4) is 0 Å². The van der Waals surface area contributed by atoms with E-state index in [0.29, 0.717) is 35.7 Å². The molecular weight excluding hydrogens is 342 g/mol. The number of carbonyl (C=O) groups excluding carboxylic acids is 2. The summed E-state index contributed by atoms with van der Waals surface area (Å²) in [7, 11) is 0. The van der Waals surface area contributed by atoms with E-state index in [1.807, 2.05) is 13.8 Å². The van der Waals surface area contributed by atoms with Gasteiger partial charge in [-0.05, 0) is 45.6 Å². The summed E-state index contributed by atoms with van der Waals surface area (Å²) in [5, 5.41) is 16.0. The Balaban J connectivity index is 2.34. The fourth-order valence-electron chi connectivity index (χ4n) is 2.98. The Hall–Kier alpha value is -1.93. The molecule has 1 aliphatic rings. The van der Waals surface area contributed by atoms with Crippen LogP contribution in [0.1, 0.15) is 54.4 Å². The monoisotopic (exact) mass is 368 g/mol. The number of hydrogen-bond donors (Lipinski definition) is 3. The summed E-state index contributed by atoms with van der Waals surface area (Å²) in [4.78, 5) is 26.7. The Labute approximate surface area is 151 Å². The van der Waals surface area contributed by atoms with Crippen molar-refractivity contribution in [2.75, 3.05) is 31.6 Å². The van der Waals surface area contributed by atoms with E-state index in [2.05, 4.69) is 10.5 Å². The summed E-state index contributed by atoms with van der Waals surface area (Å²) in [5.41, 5.74) is 1.78. The molecule has 0 radical (unpaired) electrons. The normalized spacial score (nSPS) is 15.3. The van der Waals surface area contributed by atoms with E-state index in [4.69, 9.17) is 4.74 Å². The van der Waals surface area contributed by atoms with E-state index < -0.39 is 5.97 Å². The number of rotatable bonds is 7. The van der Waals surface area contributed by atoms with Crippen molar-refractivity contribution >= 4 is 33.9 Å². The number of carbonyl (C=O) groups is 2. The zero-order valence-corrected chi connectivity index (χ0v) is 15.8. The lowest BCUT2D eigenvalue weighted by Crippen LogP contribution is -3.12. The van der Waals surface area contributed by atoms with Crippen molar-refractivity contribution in [1.29, 1.82) is 0 Å². The number of fused-ring (bicyclic) bond motifs is 1. The molecule has 1 aliphatic carbocycles. The van der Waals surface area contributed by atoms with Gasteiger partial charge < -0.3 is 20.2 Å². The summed E-state index contributed by atoms with van der Waals surface area (Å²) in [6.07, 6.45) is 2.16. The first-order valence-corrected chi connectivity index (χ1v) is 9.54. The zero-order valence-electron chi connectivity index (χ0n) is 15.0. The Morgan fingerprint density at radius 2 is 2.00 bits per heavy atom. The van der Waals surface area contributed by atoms with Gasteiger partial charge in [0.2, 0.25) is 0 Å². The van der Waals surface area contributed by atoms with E-state index >= 15 is 0 Å². The van der Waals surface area contributed by atoms with Gasteiger partial charge >= 0.3 is 5.97 Å². The first-order valence-electron chi connectivity index (χ1n) is 8.73. The maximum Gasteiger partial charge on any atom is 0.341 e. The van der Waals surface area contributed by atoms with Crippen LogP contribution >= 0.6 is 11.3 Å². The van der Waals surface area contributed by atoms with Gasteiger partial charge in [0.05, 0.1) is 35.8 Å². The molecule has 0 atom stereocenters. The van der Waals surface area contributed by atoms with Gasteiger partial charge in [0, 0.05) is 0 Å². The number of nitrogens with one attached hydrogen (secondary N) is 2. The SMILES string of the molecule is CCOC(=O)c1c(NC(=O)C[NH+](CC)CC)sc2c1CCC/C2=N\O. The van der Waals surface area contributed by atoms with Gasteiger partial charge in [-0.15, -0.1) is 11.3 Å². The maximum absolute atomic E-state index is 12.4. The molecule has 0 saturated heterocycles. The predicted molar refractivity (Wildman–Crippen MR) is 97.1 cm³/mol. The number of likely N-dealkylation sites (N-methyl/N-ethyl adjacent to an activating group) is 1. The smallest absolute Gasteiger partial charge is 0.341 e. The van der Waals surface area contributed by atoms with Gasteiger partial charge in [-0.3, -0.25) is 4.79 Å². The lowest BCUT2D eigenvalue weighted by molar-refractivity contribution is -0.888. The molecule has 7 nitrogen and oxygen atoms in total. The minimum absolute atomic E-state index is 0.134. The van der Waals surface area contributed by atoms with Crippen molar-refractivity contribution in [2.45, 2.75) is 40.0 Å². The van der Waals surface area contributed by atoms with Crippen LogP contribution < -0.4 is 10.2 Å². The van der Waals surface area contributed by atoms with E-state index in [1.165, 1.54) is 11.3 Å². The standard InChI is InChI=1S/C17H25N3O4S/c1-4-20(5-2)10-13(21)18-16-14(17(22)24-6-3)11-8-7-9-12(19-23)15(11)25-16/h23H,4-10H2,1-3H3,(H,18,21)/p+1/b19-12+. The molecule has 0 spiro atoms. The van der Waals surface area contributed by atoms with Gasteiger partial charge in [-0.25, -0.2) is 4.79 Å². The second-order valence-electron chi connectivity index (χ2n) is 5.92. The van der Waals surface area contributed by atoms with Crippen LogP contribution in [0.2, 0.25) is 0 Å². The Morgan fingerprint density at radius 1 is 1.28 bits per heavy atom. The molecule has 25 heavy (non-hydrogen) atoms. The van der Waals surface area contributed by atoms with E-state index in [0.717, 1.165) is 34.9 Å². The van der Waals surface area contributed by atoms with Crippen LogP contribution in [0.25, 0.3) is 0 Å². The fourth-order valence-corrected chi connectivity index (χ4v) is 4.25. The number of esters is 1. The van der Waals surface area contributed by atoms with Crippen molar-refractivity contribution in [3.63, 3.8) is 0 Å². The van der Waals surface area contributed by atoms with Gasteiger partial charge in [0.25, 0.3) is 5.91 Å². The van der Waals surface area contributed by atoms with Crippen LogP contribution in [0, 0.1) is 0 Å². The molecule has 0 aliphatic heterocycles. The first kappa shape index (κ1) is 19.4. The molecule has 0 bridgehead atoms. The van der Waals surface area contributed by atoms with Gasteiger partial charge in [0.15, 0.2) is 6.54 Å². The average molecular weight is 368 g/mol. The summed E-state index contributed by atoms with van der Waals surface area (Å²) in [6, 6.07) is 0. The minimum atomic E-state index is -0.440. The lowest BCUT2D eigenvalue weighted by Gasteiger charge is -2.15. The molecule has 138 valence electrons. The third-order valence-corrected chi connectivity index (χ3v) is 5.57. The number of quaternary nitrogens is 1. The summed E-state index contributed by atoms with van der Waals surface area (Å²) in [5.74, 6) is -0.574. The van der Waals surface area contributed by atoms with E-state index in [1.54, 1.807) is 6.92 Å². The second kappa shape index (κ2) is 8.96. The number of amides is 1. The highest BCUT2D eigenvalue weighted by Crippen LogP contribution is 2.38. The topological polar surface area (TPSA) is 92.4 Å². The van der Waals surface area contributed by atoms with Crippen LogP contribution in [0.4, 0.5) is 5.00 Å². The van der Waals surface area contributed by atoms with Crippen LogP contribution in [-0.2, 0) is 16.0 Å². The molecule has 1 amide bonds. The van der Waals surface area contributed by atoms with Crippen LogP contribution in [0.15, 0.2) is 5.16 Å². The Kier molecular flexibility index (Phi) is 6.95. The highest BCUT2D eigenvalue weighted by Gasteiger charge is 2.30. The molecule has 0 unspecified atom stereocenters. The summed E-state index contributed by atoms with van der Waals surface area (Å²) < 4.78 is 5.18. The highest BCUT2D eigenvalue weighted by molar-refractivity contribution is 7.19. The van der Waals surface area contributed by atoms with Crippen LogP contribution in [0.3, 0.4) is 0 Å². The average Bonchev–Trinajstić information content (AvgIpc) is 2.97.